The van der Waals surface area contributed by atoms with Gasteiger partial charge in [-0.25, -0.2) is 15.0 Å². The number of nitrogen functional groups attached to an aromatic ring is 1. The zero-order valence-electron chi connectivity index (χ0n) is 21.5. The number of ether oxygens (including phenoxy) is 1. The number of nitrogens with one attached hydrogen (secondary N) is 1. The number of aliphatic hydroxyl groups is 2. The summed E-state index contributed by atoms with van der Waals surface area (Å²) in [6, 6.07) is 0. The van der Waals surface area contributed by atoms with Gasteiger partial charge in [0.25, 0.3) is 5.91 Å². The highest BCUT2D eigenvalue weighted by Gasteiger charge is 2.47. The van der Waals surface area contributed by atoms with Crippen LogP contribution in [0, 0.1) is 23.7 Å². The molecule has 4 heterocycles. The molecule has 5 rings (SSSR count). The number of aliphatic hydroxyl groups excluding tert-OH is 2. The molecule has 204 valence electrons. The third-order valence-electron chi connectivity index (χ3n) is 7.77. The fourth-order valence-electron chi connectivity index (χ4n) is 5.64. The van der Waals surface area contributed by atoms with Crippen molar-refractivity contribution < 1.29 is 24.5 Å². The molecule has 2 aromatic rings. The number of amides is 2. The maximum Gasteiger partial charge on any atom is 0.252 e. The van der Waals surface area contributed by atoms with Crippen molar-refractivity contribution in [2.45, 2.75) is 76.4 Å². The second kappa shape index (κ2) is 11.2. The molecule has 4 atom stereocenters. The minimum atomic E-state index is -1.41. The van der Waals surface area contributed by atoms with Crippen LogP contribution in [0.25, 0.3) is 11.2 Å². The number of imidazole rings is 1. The predicted molar refractivity (Wildman–Crippen MR) is 137 cm³/mol. The maximum atomic E-state index is 12.7. The Morgan fingerprint density at radius 2 is 1.89 bits per heavy atom. The van der Waals surface area contributed by atoms with E-state index in [1.54, 1.807) is 6.92 Å². The van der Waals surface area contributed by atoms with Crippen LogP contribution < -0.4 is 11.1 Å². The summed E-state index contributed by atoms with van der Waals surface area (Å²) >= 11 is 0. The molecule has 3 aliphatic rings. The average molecular weight is 526 g/mol. The summed E-state index contributed by atoms with van der Waals surface area (Å²) in [4.78, 5) is 39.9. The van der Waals surface area contributed by atoms with Crippen molar-refractivity contribution in [3.8, 4) is 11.8 Å². The summed E-state index contributed by atoms with van der Waals surface area (Å²) in [6.45, 7) is 3.92. The van der Waals surface area contributed by atoms with E-state index in [2.05, 4.69) is 32.1 Å². The Kier molecular flexibility index (Phi) is 7.78. The van der Waals surface area contributed by atoms with E-state index in [0.29, 0.717) is 30.3 Å². The van der Waals surface area contributed by atoms with Gasteiger partial charge < -0.3 is 30.9 Å². The third kappa shape index (κ3) is 5.18. The lowest BCUT2D eigenvalue weighted by Gasteiger charge is -2.29. The number of carbonyl (C=O) groups is 2. The molecular formula is C26H35N7O5. The van der Waals surface area contributed by atoms with Crippen LogP contribution in [0.1, 0.15) is 63.9 Å². The first-order chi connectivity index (χ1) is 18.4. The van der Waals surface area contributed by atoms with Gasteiger partial charge in [-0.05, 0) is 57.3 Å². The first kappa shape index (κ1) is 26.3. The first-order valence-corrected chi connectivity index (χ1v) is 13.4. The summed E-state index contributed by atoms with van der Waals surface area (Å²) in [7, 11) is 0. The maximum absolute atomic E-state index is 12.7. The molecule has 3 fully saturated rings. The van der Waals surface area contributed by atoms with Gasteiger partial charge in [0.2, 0.25) is 11.7 Å². The average Bonchev–Trinajstić information content (AvgIpc) is 3.65. The van der Waals surface area contributed by atoms with Gasteiger partial charge in [-0.15, -0.1) is 0 Å². The van der Waals surface area contributed by atoms with Crippen molar-refractivity contribution in [2.24, 2.45) is 11.8 Å². The molecule has 2 aliphatic heterocycles. The van der Waals surface area contributed by atoms with Gasteiger partial charge >= 0.3 is 0 Å². The van der Waals surface area contributed by atoms with E-state index in [9.17, 15) is 19.8 Å². The highest BCUT2D eigenvalue weighted by molar-refractivity contribution is 5.83. The van der Waals surface area contributed by atoms with E-state index >= 15 is 0 Å². The van der Waals surface area contributed by atoms with Crippen LogP contribution in [0.4, 0.5) is 5.82 Å². The number of hydrogen-bond acceptors (Lipinski definition) is 9. The smallest absolute Gasteiger partial charge is 0.252 e. The molecule has 1 unspecified atom stereocenters. The van der Waals surface area contributed by atoms with Gasteiger partial charge in [0.1, 0.15) is 17.7 Å². The predicted octanol–water partition coefficient (Wildman–Crippen LogP) is 0.334. The molecule has 0 spiro atoms. The summed E-state index contributed by atoms with van der Waals surface area (Å²) in [5.41, 5.74) is 6.70. The Morgan fingerprint density at radius 1 is 1.16 bits per heavy atom. The van der Waals surface area contributed by atoms with E-state index in [-0.39, 0.29) is 23.2 Å². The molecular weight excluding hydrogens is 490 g/mol. The lowest BCUT2D eigenvalue weighted by atomic mass is 9.80. The number of likely N-dealkylation sites (tertiary alicyclic amines) is 1. The summed E-state index contributed by atoms with van der Waals surface area (Å²) in [5.74, 6) is 6.87. The molecule has 0 radical (unpaired) electrons. The van der Waals surface area contributed by atoms with Crippen LogP contribution in [0.2, 0.25) is 0 Å². The van der Waals surface area contributed by atoms with Crippen LogP contribution in [-0.4, -0.2) is 84.4 Å². The van der Waals surface area contributed by atoms with Crippen LogP contribution >= 0.6 is 0 Å². The molecule has 5 N–H and O–H groups in total. The third-order valence-corrected chi connectivity index (χ3v) is 7.77. The molecule has 0 aromatic carbocycles. The van der Waals surface area contributed by atoms with Crippen molar-refractivity contribution in [1.82, 2.24) is 29.7 Å². The molecule has 1 aliphatic carbocycles. The number of aromatic nitrogens is 4. The molecule has 1 saturated carbocycles. The lowest BCUT2D eigenvalue weighted by molar-refractivity contribution is -0.137. The van der Waals surface area contributed by atoms with Crippen LogP contribution in [0.15, 0.2) is 6.33 Å². The zero-order chi connectivity index (χ0) is 26.8. The lowest BCUT2D eigenvalue weighted by Crippen LogP contribution is -2.42. The van der Waals surface area contributed by atoms with Gasteiger partial charge in [0, 0.05) is 32.0 Å². The number of anilines is 1. The Hall–Kier alpha value is -3.27. The Labute approximate surface area is 221 Å². The largest absolute Gasteiger partial charge is 0.387 e. The number of likely N-dealkylation sites (N-methyl/N-ethyl adjacent to an activating group) is 1. The number of nitrogens with zero attached hydrogens (tertiary/aromatic N) is 5. The van der Waals surface area contributed by atoms with Gasteiger partial charge in [0.15, 0.2) is 23.8 Å². The molecule has 2 aromatic heterocycles. The van der Waals surface area contributed by atoms with Crippen molar-refractivity contribution in [1.29, 1.82) is 0 Å². The number of nitrogens with two attached hydrogens (primary N) is 1. The number of carbonyl (C=O) groups excluding carboxylic acids is 2. The Morgan fingerprint density at radius 3 is 2.61 bits per heavy atom. The van der Waals surface area contributed by atoms with Gasteiger partial charge in [-0.2, -0.15) is 0 Å². The summed E-state index contributed by atoms with van der Waals surface area (Å²) in [5, 5.41) is 23.5. The fourth-order valence-corrected chi connectivity index (χ4v) is 5.64. The van der Waals surface area contributed by atoms with E-state index in [0.717, 1.165) is 51.6 Å². The Bertz CT molecular complexity index is 1240. The molecule has 2 saturated heterocycles. The van der Waals surface area contributed by atoms with Crippen molar-refractivity contribution in [3.63, 3.8) is 0 Å². The van der Waals surface area contributed by atoms with Crippen molar-refractivity contribution in [3.05, 3.63) is 12.2 Å². The van der Waals surface area contributed by atoms with Crippen LogP contribution in [0.3, 0.4) is 0 Å². The second-order valence-corrected chi connectivity index (χ2v) is 10.3. The first-order valence-electron chi connectivity index (χ1n) is 13.4. The SMILES string of the molecule is CCNC(=O)[C@H]1O[C@@H](n2cnc3c(N)nc(C#CCC4CCC(C(=O)N5CCCC5)CC4)nc32)[C@@H](O)C1O. The normalized spacial score (nSPS) is 29.3. The van der Waals surface area contributed by atoms with Gasteiger partial charge in [0.05, 0.1) is 6.33 Å². The van der Waals surface area contributed by atoms with E-state index < -0.39 is 30.4 Å². The quantitative estimate of drug-likeness (QED) is 0.402. The monoisotopic (exact) mass is 525 g/mol. The van der Waals surface area contributed by atoms with Gasteiger partial charge in [-0.3, -0.25) is 14.2 Å². The summed E-state index contributed by atoms with van der Waals surface area (Å²) < 4.78 is 7.13. The molecule has 0 bridgehead atoms. The Balaban J connectivity index is 1.25. The van der Waals surface area contributed by atoms with E-state index in [4.69, 9.17) is 10.5 Å². The van der Waals surface area contributed by atoms with E-state index in [1.807, 2.05) is 4.90 Å². The van der Waals surface area contributed by atoms with Crippen molar-refractivity contribution in [2.75, 3.05) is 25.4 Å². The highest BCUT2D eigenvalue weighted by Crippen LogP contribution is 2.33. The minimum absolute atomic E-state index is 0.132. The number of hydrogen-bond donors (Lipinski definition) is 4. The van der Waals surface area contributed by atoms with Crippen LogP contribution in [0.5, 0.6) is 0 Å². The fraction of sp³-hybridized carbons (Fsp3) is 0.654. The molecule has 12 heteroatoms. The number of rotatable bonds is 5. The summed E-state index contributed by atoms with van der Waals surface area (Å²) in [6.07, 6.45) is 2.94. The van der Waals surface area contributed by atoms with Crippen molar-refractivity contribution >= 4 is 28.8 Å². The zero-order valence-corrected chi connectivity index (χ0v) is 21.5. The molecule has 12 nitrogen and oxygen atoms in total. The topological polar surface area (TPSA) is 169 Å². The van der Waals surface area contributed by atoms with E-state index in [1.165, 1.54) is 10.9 Å². The molecule has 2 amide bonds. The highest BCUT2D eigenvalue weighted by atomic mass is 16.6. The second-order valence-electron chi connectivity index (χ2n) is 10.3. The standard InChI is InChI=1S/C26H35N7O5/c1-2-28-24(36)21-19(34)20(35)26(38-21)33-14-29-18-22(27)30-17(31-23(18)33)7-5-6-15-8-10-16(11-9-15)25(37)32-12-3-4-13-32/h14-16,19-21,26,34-35H,2-4,6,8-13H2,1H3,(H,28,36)(H2,27,30,31)/t15?,16?,19?,20-,21-,26+/m0/s1. The number of fused-ring (bicyclic) bond motifs is 1. The molecule has 38 heavy (non-hydrogen) atoms. The van der Waals surface area contributed by atoms with Gasteiger partial charge in [-0.1, -0.05) is 5.92 Å². The minimum Gasteiger partial charge on any atom is -0.387 e. The van der Waals surface area contributed by atoms with Crippen LogP contribution in [-0.2, 0) is 14.3 Å².